The summed E-state index contributed by atoms with van der Waals surface area (Å²) in [5, 5.41) is 9.56. The van der Waals surface area contributed by atoms with Gasteiger partial charge in [-0.15, -0.1) is 0 Å². The van der Waals surface area contributed by atoms with Gasteiger partial charge in [-0.3, -0.25) is 4.79 Å². The number of nitrogens with zero attached hydrogens (tertiary/aromatic N) is 1. The van der Waals surface area contributed by atoms with Gasteiger partial charge in [0.25, 0.3) is 5.91 Å². The summed E-state index contributed by atoms with van der Waals surface area (Å²) < 4.78 is 5.29. The van der Waals surface area contributed by atoms with Gasteiger partial charge < -0.3 is 9.84 Å². The Hall–Kier alpha value is -2.66. The molecule has 5 nitrogen and oxygen atoms in total. The lowest BCUT2D eigenvalue weighted by atomic mass is 10.0. The van der Waals surface area contributed by atoms with Gasteiger partial charge >= 0.3 is 6.09 Å². The first-order valence-corrected chi connectivity index (χ1v) is 6.96. The highest BCUT2D eigenvalue weighted by atomic mass is 16.6. The first-order chi connectivity index (χ1) is 10.7. The second kappa shape index (κ2) is 5.99. The molecule has 1 saturated heterocycles. The van der Waals surface area contributed by atoms with E-state index >= 15 is 0 Å². The number of benzene rings is 2. The second-order valence-electron chi connectivity index (χ2n) is 5.05. The van der Waals surface area contributed by atoms with Crippen molar-refractivity contribution in [1.82, 2.24) is 4.90 Å². The molecule has 0 spiro atoms. The van der Waals surface area contributed by atoms with E-state index in [1.54, 1.807) is 42.5 Å². The molecule has 1 heterocycles. The average molecular weight is 297 g/mol. The van der Waals surface area contributed by atoms with E-state index < -0.39 is 18.0 Å². The van der Waals surface area contributed by atoms with Gasteiger partial charge in [-0.1, -0.05) is 48.5 Å². The van der Waals surface area contributed by atoms with Crippen LogP contribution in [-0.4, -0.2) is 34.7 Å². The van der Waals surface area contributed by atoms with Crippen molar-refractivity contribution >= 4 is 12.0 Å². The highest BCUT2D eigenvalue weighted by molar-refractivity contribution is 6.02. The van der Waals surface area contributed by atoms with Crippen LogP contribution < -0.4 is 0 Å². The van der Waals surface area contributed by atoms with Crippen LogP contribution in [0.4, 0.5) is 4.79 Å². The molecule has 2 atom stereocenters. The number of ether oxygens (including phenoxy) is 1. The second-order valence-corrected chi connectivity index (χ2v) is 5.05. The third-order valence-corrected chi connectivity index (χ3v) is 3.58. The first-order valence-electron chi connectivity index (χ1n) is 6.96. The zero-order valence-electron chi connectivity index (χ0n) is 11.8. The smallest absolute Gasteiger partial charge is 0.415 e. The summed E-state index contributed by atoms with van der Waals surface area (Å²) in [5.41, 5.74) is 1.09. The SMILES string of the molecule is O=C(O)N(C(=O)c1ccccc1)C(c1ccccc1)C1CO1. The van der Waals surface area contributed by atoms with Crippen molar-refractivity contribution in [3.8, 4) is 0 Å². The van der Waals surface area contributed by atoms with Gasteiger partial charge in [-0.25, -0.2) is 9.69 Å². The maximum atomic E-state index is 12.6. The summed E-state index contributed by atoms with van der Waals surface area (Å²) in [6, 6.07) is 16.9. The molecule has 1 aliphatic heterocycles. The number of carboxylic acid groups (broad SMARTS) is 1. The minimum Gasteiger partial charge on any atom is -0.465 e. The Kier molecular flexibility index (Phi) is 3.89. The van der Waals surface area contributed by atoms with E-state index in [4.69, 9.17) is 4.74 Å². The normalized spacial score (nSPS) is 17.5. The van der Waals surface area contributed by atoms with Gasteiger partial charge in [0.1, 0.15) is 6.10 Å². The molecule has 2 aromatic carbocycles. The molecule has 0 aromatic heterocycles. The molecule has 22 heavy (non-hydrogen) atoms. The monoisotopic (exact) mass is 297 g/mol. The van der Waals surface area contributed by atoms with Crippen LogP contribution >= 0.6 is 0 Å². The predicted molar refractivity (Wildman–Crippen MR) is 79.6 cm³/mol. The molecule has 0 bridgehead atoms. The molecule has 2 unspecified atom stereocenters. The Bertz CT molecular complexity index is 668. The lowest BCUT2D eigenvalue weighted by Gasteiger charge is -2.27. The molecule has 5 heteroatoms. The maximum Gasteiger partial charge on any atom is 0.415 e. The van der Waals surface area contributed by atoms with E-state index in [2.05, 4.69) is 0 Å². The van der Waals surface area contributed by atoms with Crippen molar-refractivity contribution in [2.75, 3.05) is 6.61 Å². The van der Waals surface area contributed by atoms with E-state index in [0.29, 0.717) is 12.2 Å². The molecule has 0 aliphatic carbocycles. The molecule has 112 valence electrons. The molecular formula is C17H15NO4. The molecule has 2 amide bonds. The summed E-state index contributed by atoms with van der Waals surface area (Å²) in [6.07, 6.45) is -1.57. The standard InChI is InChI=1S/C17H15NO4/c19-16(13-9-5-2-6-10-13)18(17(20)21)15(14-11-22-14)12-7-3-1-4-8-12/h1-10,14-15H,11H2,(H,20,21). The number of imide groups is 1. The third-order valence-electron chi connectivity index (χ3n) is 3.58. The molecule has 1 N–H and O–H groups in total. The van der Waals surface area contributed by atoms with E-state index in [9.17, 15) is 14.7 Å². The van der Waals surface area contributed by atoms with Gasteiger partial charge in [-0.2, -0.15) is 0 Å². The Morgan fingerprint density at radius 1 is 1.05 bits per heavy atom. The Morgan fingerprint density at radius 3 is 2.09 bits per heavy atom. The van der Waals surface area contributed by atoms with Crippen molar-refractivity contribution in [1.29, 1.82) is 0 Å². The van der Waals surface area contributed by atoms with Crippen molar-refractivity contribution < 1.29 is 19.4 Å². The van der Waals surface area contributed by atoms with E-state index in [0.717, 1.165) is 10.5 Å². The van der Waals surface area contributed by atoms with E-state index in [-0.39, 0.29) is 6.10 Å². The number of carbonyl (C=O) groups excluding carboxylic acids is 1. The lowest BCUT2D eigenvalue weighted by Crippen LogP contribution is -2.41. The lowest BCUT2D eigenvalue weighted by molar-refractivity contribution is 0.0630. The minimum absolute atomic E-state index is 0.286. The first kappa shape index (κ1) is 14.3. The van der Waals surface area contributed by atoms with E-state index in [1.807, 2.05) is 18.2 Å². The zero-order chi connectivity index (χ0) is 15.5. The number of amides is 2. The highest BCUT2D eigenvalue weighted by Crippen LogP contribution is 2.34. The largest absolute Gasteiger partial charge is 0.465 e. The Labute approximate surface area is 127 Å². The van der Waals surface area contributed by atoms with Crippen molar-refractivity contribution in [3.05, 3.63) is 71.8 Å². The molecule has 1 fully saturated rings. The fourth-order valence-electron chi connectivity index (χ4n) is 2.47. The number of hydrogen-bond acceptors (Lipinski definition) is 3. The summed E-state index contributed by atoms with van der Waals surface area (Å²) in [7, 11) is 0. The van der Waals surface area contributed by atoms with Crippen LogP contribution in [0.5, 0.6) is 0 Å². The highest BCUT2D eigenvalue weighted by Gasteiger charge is 2.43. The summed E-state index contributed by atoms with van der Waals surface area (Å²) >= 11 is 0. The molecule has 0 saturated carbocycles. The minimum atomic E-state index is -1.28. The number of carbonyl (C=O) groups is 2. The fourth-order valence-corrected chi connectivity index (χ4v) is 2.47. The number of hydrogen-bond donors (Lipinski definition) is 1. The quantitative estimate of drug-likeness (QED) is 0.881. The predicted octanol–water partition coefficient (Wildman–Crippen LogP) is 2.95. The maximum absolute atomic E-state index is 12.6. The fraction of sp³-hybridized carbons (Fsp3) is 0.176. The molecule has 1 aliphatic rings. The zero-order valence-corrected chi connectivity index (χ0v) is 11.8. The van der Waals surface area contributed by atoms with Crippen LogP contribution in [0.25, 0.3) is 0 Å². The van der Waals surface area contributed by atoms with Gasteiger partial charge in [0.15, 0.2) is 0 Å². The van der Waals surface area contributed by atoms with Gasteiger partial charge in [0.2, 0.25) is 0 Å². The van der Waals surface area contributed by atoms with Crippen LogP contribution in [0.1, 0.15) is 22.0 Å². The van der Waals surface area contributed by atoms with Gasteiger partial charge in [0, 0.05) is 5.56 Å². The van der Waals surface area contributed by atoms with Crippen LogP contribution in [-0.2, 0) is 4.74 Å². The molecule has 2 aromatic rings. The Morgan fingerprint density at radius 2 is 1.59 bits per heavy atom. The number of epoxide rings is 1. The van der Waals surface area contributed by atoms with Crippen molar-refractivity contribution in [3.63, 3.8) is 0 Å². The van der Waals surface area contributed by atoms with Crippen molar-refractivity contribution in [2.45, 2.75) is 12.1 Å². The topological polar surface area (TPSA) is 70.1 Å². The summed E-state index contributed by atoms with van der Waals surface area (Å²) in [4.78, 5) is 25.2. The molecular weight excluding hydrogens is 282 g/mol. The number of rotatable bonds is 4. The third kappa shape index (κ3) is 2.84. The summed E-state index contributed by atoms with van der Waals surface area (Å²) in [5.74, 6) is -0.544. The molecule has 3 rings (SSSR count). The van der Waals surface area contributed by atoms with Gasteiger partial charge in [0.05, 0.1) is 12.6 Å². The molecule has 0 radical (unpaired) electrons. The Balaban J connectivity index is 1.98. The summed E-state index contributed by atoms with van der Waals surface area (Å²) in [6.45, 7) is 0.450. The average Bonchev–Trinajstić information content (AvgIpc) is 3.38. The van der Waals surface area contributed by atoms with E-state index in [1.165, 1.54) is 0 Å². The van der Waals surface area contributed by atoms with Crippen LogP contribution in [0.3, 0.4) is 0 Å². The van der Waals surface area contributed by atoms with Gasteiger partial charge in [-0.05, 0) is 17.7 Å². The van der Waals surface area contributed by atoms with Crippen LogP contribution in [0, 0.1) is 0 Å². The van der Waals surface area contributed by atoms with Crippen LogP contribution in [0.15, 0.2) is 60.7 Å². The van der Waals surface area contributed by atoms with Crippen molar-refractivity contribution in [2.24, 2.45) is 0 Å². The van der Waals surface area contributed by atoms with Crippen LogP contribution in [0.2, 0.25) is 0 Å².